The van der Waals surface area contributed by atoms with Gasteiger partial charge in [0.25, 0.3) is 5.91 Å². The second-order valence-corrected chi connectivity index (χ2v) is 6.86. The van der Waals surface area contributed by atoms with Crippen molar-refractivity contribution in [1.29, 1.82) is 0 Å². The van der Waals surface area contributed by atoms with Gasteiger partial charge < -0.3 is 9.84 Å². The maximum absolute atomic E-state index is 12.1. The van der Waals surface area contributed by atoms with E-state index in [1.807, 2.05) is 18.4 Å². The van der Waals surface area contributed by atoms with Crippen molar-refractivity contribution in [3.05, 3.63) is 58.0 Å². The first-order chi connectivity index (χ1) is 13.4. The summed E-state index contributed by atoms with van der Waals surface area (Å²) in [6, 6.07) is 10.1. The number of benzene rings is 2. The first-order valence-electron chi connectivity index (χ1n) is 8.30. The molecule has 0 saturated heterocycles. The van der Waals surface area contributed by atoms with Gasteiger partial charge in [-0.3, -0.25) is 20.4 Å². The van der Waals surface area contributed by atoms with Crippen LogP contribution < -0.4 is 10.9 Å². The number of thiazole rings is 1. The molecule has 9 heteroatoms. The summed E-state index contributed by atoms with van der Waals surface area (Å²) in [4.78, 5) is 39.8. The zero-order chi connectivity index (χ0) is 20.1. The van der Waals surface area contributed by atoms with Crippen LogP contribution in [0.25, 0.3) is 10.8 Å². The molecule has 28 heavy (non-hydrogen) atoms. The second-order valence-electron chi connectivity index (χ2n) is 5.91. The number of phenols is 1. The van der Waals surface area contributed by atoms with E-state index in [0.29, 0.717) is 10.4 Å². The molecule has 3 rings (SSSR count). The SMILES string of the molecule is Cc1csc(CC(=O)NNC(=O)COC(=O)c2ccc3ccccc3c2O)n1. The second kappa shape index (κ2) is 8.49. The number of rotatable bonds is 5. The highest BCUT2D eigenvalue weighted by Gasteiger charge is 2.17. The monoisotopic (exact) mass is 399 g/mol. The Morgan fingerprint density at radius 1 is 1.11 bits per heavy atom. The highest BCUT2D eigenvalue weighted by atomic mass is 32.1. The number of hydrogen-bond donors (Lipinski definition) is 3. The molecule has 0 saturated carbocycles. The van der Waals surface area contributed by atoms with Crippen molar-refractivity contribution in [2.24, 2.45) is 0 Å². The molecule has 144 valence electrons. The largest absolute Gasteiger partial charge is 0.506 e. The Balaban J connectivity index is 1.49. The third-order valence-electron chi connectivity index (χ3n) is 3.77. The zero-order valence-electron chi connectivity index (χ0n) is 14.9. The number of aromatic hydroxyl groups is 1. The molecule has 0 aliphatic heterocycles. The van der Waals surface area contributed by atoms with Gasteiger partial charge in [-0.1, -0.05) is 30.3 Å². The molecule has 2 amide bonds. The standard InChI is InChI=1S/C19H17N3O5S/c1-11-10-28-17(20-11)8-15(23)21-22-16(24)9-27-19(26)14-7-6-12-4-2-3-5-13(12)18(14)25/h2-7,10,25H,8-9H2,1H3,(H,21,23)(H,22,24). The van der Waals surface area contributed by atoms with E-state index in [4.69, 9.17) is 4.74 Å². The number of hydrogen-bond acceptors (Lipinski definition) is 7. The fraction of sp³-hybridized carbons (Fsp3) is 0.158. The predicted octanol–water partition coefficient (Wildman–Crippen LogP) is 1.86. The summed E-state index contributed by atoms with van der Waals surface area (Å²) in [6.45, 7) is 1.21. The highest BCUT2D eigenvalue weighted by molar-refractivity contribution is 7.09. The number of phenolic OH excluding ortho intramolecular Hbond substituents is 1. The van der Waals surface area contributed by atoms with E-state index in [-0.39, 0.29) is 17.7 Å². The molecule has 0 aliphatic rings. The number of nitrogens with zero attached hydrogens (tertiary/aromatic N) is 1. The summed E-state index contributed by atoms with van der Waals surface area (Å²) in [5.41, 5.74) is 5.16. The number of hydrazine groups is 1. The van der Waals surface area contributed by atoms with Gasteiger partial charge in [0.15, 0.2) is 6.61 Å². The van der Waals surface area contributed by atoms with Gasteiger partial charge in [-0.2, -0.15) is 0 Å². The molecule has 8 nitrogen and oxygen atoms in total. The first-order valence-corrected chi connectivity index (χ1v) is 9.18. The number of aryl methyl sites for hydroxylation is 1. The molecule has 0 bridgehead atoms. The molecule has 3 aromatic rings. The van der Waals surface area contributed by atoms with Crippen LogP contribution in [0.3, 0.4) is 0 Å². The van der Waals surface area contributed by atoms with Crippen LogP contribution in [0.5, 0.6) is 5.75 Å². The molecule has 0 radical (unpaired) electrons. The van der Waals surface area contributed by atoms with Crippen molar-refractivity contribution in [3.63, 3.8) is 0 Å². The molecule has 1 aromatic heterocycles. The van der Waals surface area contributed by atoms with Crippen molar-refractivity contribution in [1.82, 2.24) is 15.8 Å². The molecular formula is C19H17N3O5S. The molecule has 0 aliphatic carbocycles. The minimum absolute atomic E-state index is 0.0313. The molecule has 0 unspecified atom stereocenters. The van der Waals surface area contributed by atoms with Crippen LogP contribution in [0.4, 0.5) is 0 Å². The predicted molar refractivity (Wildman–Crippen MR) is 103 cm³/mol. The minimum Gasteiger partial charge on any atom is -0.506 e. The Morgan fingerprint density at radius 2 is 1.86 bits per heavy atom. The number of carbonyl (C=O) groups excluding carboxylic acids is 3. The van der Waals surface area contributed by atoms with E-state index in [2.05, 4.69) is 15.8 Å². The van der Waals surface area contributed by atoms with Crippen LogP contribution in [-0.4, -0.2) is 34.5 Å². The summed E-state index contributed by atoms with van der Waals surface area (Å²) in [6.07, 6.45) is 0.0313. The van der Waals surface area contributed by atoms with E-state index in [9.17, 15) is 19.5 Å². The van der Waals surface area contributed by atoms with E-state index in [0.717, 1.165) is 11.1 Å². The fourth-order valence-electron chi connectivity index (χ4n) is 2.47. The average molecular weight is 399 g/mol. The molecule has 1 heterocycles. The zero-order valence-corrected chi connectivity index (χ0v) is 15.7. The van der Waals surface area contributed by atoms with Gasteiger partial charge in [0, 0.05) is 16.5 Å². The smallest absolute Gasteiger partial charge is 0.342 e. The van der Waals surface area contributed by atoms with Crippen LogP contribution in [0.15, 0.2) is 41.8 Å². The number of ether oxygens (including phenoxy) is 1. The Labute approximate surface area is 164 Å². The summed E-state index contributed by atoms with van der Waals surface area (Å²) < 4.78 is 4.90. The van der Waals surface area contributed by atoms with Crippen molar-refractivity contribution < 1.29 is 24.2 Å². The summed E-state index contributed by atoms with van der Waals surface area (Å²) in [5.74, 6) is -2.21. The van der Waals surface area contributed by atoms with E-state index in [1.165, 1.54) is 17.4 Å². The number of esters is 1. The molecule has 0 atom stereocenters. The number of amides is 2. The minimum atomic E-state index is -0.844. The Morgan fingerprint density at radius 3 is 2.61 bits per heavy atom. The first kappa shape index (κ1) is 19.3. The van der Waals surface area contributed by atoms with Crippen LogP contribution >= 0.6 is 11.3 Å². The molecule has 0 fully saturated rings. The third-order valence-corrected chi connectivity index (χ3v) is 4.74. The van der Waals surface area contributed by atoms with Crippen molar-refractivity contribution in [2.45, 2.75) is 13.3 Å². The molecule has 2 aromatic carbocycles. The Hall–Kier alpha value is -3.46. The lowest BCUT2D eigenvalue weighted by Crippen LogP contribution is -2.44. The van der Waals surface area contributed by atoms with Gasteiger partial charge in [0.05, 0.1) is 6.42 Å². The third kappa shape index (κ3) is 4.63. The molecule has 3 N–H and O–H groups in total. The van der Waals surface area contributed by atoms with Gasteiger partial charge in [0.1, 0.15) is 16.3 Å². The number of aromatic nitrogens is 1. The van der Waals surface area contributed by atoms with Crippen molar-refractivity contribution >= 4 is 39.9 Å². The maximum Gasteiger partial charge on any atom is 0.342 e. The fourth-order valence-corrected chi connectivity index (χ4v) is 3.24. The van der Waals surface area contributed by atoms with Gasteiger partial charge in [0.2, 0.25) is 5.91 Å². The van der Waals surface area contributed by atoms with Crippen LogP contribution in [0, 0.1) is 6.92 Å². The van der Waals surface area contributed by atoms with E-state index >= 15 is 0 Å². The lowest BCUT2D eigenvalue weighted by Gasteiger charge is -2.09. The number of fused-ring (bicyclic) bond motifs is 1. The average Bonchev–Trinajstić information content (AvgIpc) is 3.09. The number of carbonyl (C=O) groups is 3. The van der Waals surface area contributed by atoms with Crippen LogP contribution in [-0.2, 0) is 20.7 Å². The summed E-state index contributed by atoms with van der Waals surface area (Å²) in [7, 11) is 0. The Kier molecular flexibility index (Phi) is 5.85. The van der Waals surface area contributed by atoms with Gasteiger partial charge in [-0.25, -0.2) is 9.78 Å². The summed E-state index contributed by atoms with van der Waals surface area (Å²) in [5, 5.41) is 14.0. The lowest BCUT2D eigenvalue weighted by molar-refractivity contribution is -0.130. The molecule has 0 spiro atoms. The van der Waals surface area contributed by atoms with Crippen molar-refractivity contribution in [3.8, 4) is 5.75 Å². The van der Waals surface area contributed by atoms with Gasteiger partial charge >= 0.3 is 5.97 Å². The number of nitrogens with one attached hydrogen (secondary N) is 2. The van der Waals surface area contributed by atoms with E-state index < -0.39 is 24.4 Å². The van der Waals surface area contributed by atoms with Crippen LogP contribution in [0.1, 0.15) is 21.1 Å². The maximum atomic E-state index is 12.1. The lowest BCUT2D eigenvalue weighted by atomic mass is 10.1. The highest BCUT2D eigenvalue weighted by Crippen LogP contribution is 2.28. The molecular weight excluding hydrogens is 382 g/mol. The Bertz CT molecular complexity index is 1050. The van der Waals surface area contributed by atoms with Crippen LogP contribution in [0.2, 0.25) is 0 Å². The van der Waals surface area contributed by atoms with Crippen molar-refractivity contribution in [2.75, 3.05) is 6.61 Å². The van der Waals surface area contributed by atoms with Gasteiger partial charge in [-0.15, -0.1) is 11.3 Å². The van der Waals surface area contributed by atoms with E-state index in [1.54, 1.807) is 24.3 Å². The topological polar surface area (TPSA) is 118 Å². The van der Waals surface area contributed by atoms with Gasteiger partial charge in [-0.05, 0) is 18.4 Å². The quantitative estimate of drug-likeness (QED) is 0.445. The normalized spacial score (nSPS) is 10.5. The summed E-state index contributed by atoms with van der Waals surface area (Å²) >= 11 is 1.35.